The number of hydrogen-bond donors (Lipinski definition) is 0. The molecule has 0 saturated carbocycles. The van der Waals surface area contributed by atoms with Gasteiger partial charge in [-0.3, -0.25) is 4.79 Å². The van der Waals surface area contributed by atoms with E-state index in [0.717, 1.165) is 12.2 Å². The van der Waals surface area contributed by atoms with Crippen LogP contribution in [0.2, 0.25) is 5.02 Å². The van der Waals surface area contributed by atoms with Gasteiger partial charge in [-0.15, -0.1) is 0 Å². The smallest absolute Gasteiger partial charge is 0.254 e. The first kappa shape index (κ1) is 21.2. The summed E-state index contributed by atoms with van der Waals surface area (Å²) in [7, 11) is 0. The lowest BCUT2D eigenvalue weighted by Crippen LogP contribution is -2.41. The van der Waals surface area contributed by atoms with Crippen LogP contribution in [0, 0.1) is 12.8 Å². The zero-order valence-corrected chi connectivity index (χ0v) is 18.4. The molecule has 0 spiro atoms. The van der Waals surface area contributed by atoms with Crippen LogP contribution in [0.3, 0.4) is 0 Å². The first-order valence-electron chi connectivity index (χ1n) is 10.1. The second-order valence-electron chi connectivity index (χ2n) is 8.04. The lowest BCUT2D eigenvalue weighted by Gasteiger charge is -2.32. The molecule has 2 aromatic carbocycles. The fourth-order valence-corrected chi connectivity index (χ4v) is 3.57. The van der Waals surface area contributed by atoms with E-state index in [1.807, 2.05) is 4.90 Å². The van der Waals surface area contributed by atoms with Crippen LogP contribution in [0.15, 0.2) is 66.9 Å². The van der Waals surface area contributed by atoms with Crippen LogP contribution in [0.25, 0.3) is 0 Å². The van der Waals surface area contributed by atoms with Gasteiger partial charge in [0.25, 0.3) is 5.91 Å². The summed E-state index contributed by atoms with van der Waals surface area (Å²) in [5.74, 6) is 0.387. The van der Waals surface area contributed by atoms with Gasteiger partial charge in [-0.1, -0.05) is 55.3 Å². The molecule has 0 fully saturated rings. The van der Waals surface area contributed by atoms with Crippen molar-refractivity contribution in [1.82, 2.24) is 9.47 Å². The summed E-state index contributed by atoms with van der Waals surface area (Å²) in [5.41, 5.74) is 4.30. The highest BCUT2D eigenvalue weighted by molar-refractivity contribution is 6.30. The van der Waals surface area contributed by atoms with Gasteiger partial charge in [-0.05, 0) is 61.7 Å². The number of benzene rings is 2. The van der Waals surface area contributed by atoms with Crippen LogP contribution in [-0.4, -0.2) is 21.4 Å². The molecule has 0 radical (unpaired) electrons. The molecule has 4 heteroatoms. The Morgan fingerprint density at radius 2 is 1.76 bits per heavy atom. The minimum Gasteiger partial charge on any atom is -0.345 e. The fraction of sp³-hybridized carbons (Fsp3) is 0.320. The van der Waals surface area contributed by atoms with Gasteiger partial charge >= 0.3 is 0 Å². The molecule has 1 heterocycles. The number of halogens is 1. The number of carbonyl (C=O) groups excluding carboxylic acids is 1. The van der Waals surface area contributed by atoms with E-state index in [0.29, 0.717) is 23.0 Å². The monoisotopic (exact) mass is 408 g/mol. The van der Waals surface area contributed by atoms with Gasteiger partial charge in [0, 0.05) is 35.1 Å². The predicted octanol–water partition coefficient (Wildman–Crippen LogP) is 6.19. The number of hydrogen-bond acceptors (Lipinski definition) is 1. The lowest BCUT2D eigenvalue weighted by molar-refractivity contribution is 0.0623. The molecule has 0 bridgehead atoms. The Bertz CT molecular complexity index is 959. The van der Waals surface area contributed by atoms with E-state index in [9.17, 15) is 4.79 Å². The van der Waals surface area contributed by atoms with Crippen LogP contribution in [0.1, 0.15) is 48.0 Å². The number of nitrogens with zero attached hydrogens (tertiary/aromatic N) is 2. The quantitative estimate of drug-likeness (QED) is 0.457. The van der Waals surface area contributed by atoms with Crippen molar-refractivity contribution < 1.29 is 4.79 Å². The Morgan fingerprint density at radius 1 is 1.03 bits per heavy atom. The molecule has 29 heavy (non-hydrogen) atoms. The van der Waals surface area contributed by atoms with Gasteiger partial charge < -0.3 is 9.47 Å². The summed E-state index contributed by atoms with van der Waals surface area (Å²) >= 11 is 6.00. The summed E-state index contributed by atoms with van der Waals surface area (Å²) < 4.78 is 2.23. The first-order chi connectivity index (χ1) is 13.8. The van der Waals surface area contributed by atoms with Crippen LogP contribution in [-0.2, 0) is 13.1 Å². The van der Waals surface area contributed by atoms with Crippen molar-refractivity contribution in [2.75, 3.05) is 0 Å². The largest absolute Gasteiger partial charge is 0.345 e. The molecule has 3 rings (SSSR count). The number of aryl methyl sites for hydroxylation is 1. The number of rotatable bonds is 7. The molecule has 152 valence electrons. The Balaban J connectivity index is 1.86. The third-order valence-electron chi connectivity index (χ3n) is 5.50. The average Bonchev–Trinajstić information content (AvgIpc) is 3.12. The normalized spacial score (nSPS) is 12.2. The van der Waals surface area contributed by atoms with Crippen molar-refractivity contribution in [2.45, 2.75) is 46.8 Å². The highest BCUT2D eigenvalue weighted by atomic mass is 35.5. The Morgan fingerprint density at radius 3 is 2.41 bits per heavy atom. The van der Waals surface area contributed by atoms with Gasteiger partial charge in [0.05, 0.1) is 6.54 Å². The SMILES string of the molecule is Cc1cccc(Cn2cccc2CN(C(=O)c2ccc(Cl)cc2)C(C)C(C)C)c1. The van der Waals surface area contributed by atoms with Crippen LogP contribution >= 0.6 is 11.6 Å². The highest BCUT2D eigenvalue weighted by Crippen LogP contribution is 2.20. The third-order valence-corrected chi connectivity index (χ3v) is 5.75. The molecule has 3 aromatic rings. The molecule has 0 aliphatic carbocycles. The molecule has 1 aromatic heterocycles. The zero-order chi connectivity index (χ0) is 21.0. The van der Waals surface area contributed by atoms with Gasteiger partial charge in [0.15, 0.2) is 0 Å². The maximum Gasteiger partial charge on any atom is 0.254 e. The molecule has 3 nitrogen and oxygen atoms in total. The molecule has 0 saturated heterocycles. The second kappa shape index (κ2) is 9.32. The van der Waals surface area contributed by atoms with Crippen molar-refractivity contribution >= 4 is 17.5 Å². The Hall–Kier alpha value is -2.52. The maximum atomic E-state index is 13.3. The van der Waals surface area contributed by atoms with Gasteiger partial charge in [0.1, 0.15) is 0 Å². The topological polar surface area (TPSA) is 25.2 Å². The minimum absolute atomic E-state index is 0.0335. The van der Waals surface area contributed by atoms with E-state index < -0.39 is 0 Å². The van der Waals surface area contributed by atoms with E-state index in [1.54, 1.807) is 24.3 Å². The number of carbonyl (C=O) groups is 1. The average molecular weight is 409 g/mol. The molecular formula is C25H29ClN2O. The van der Waals surface area contributed by atoms with E-state index in [2.05, 4.69) is 74.9 Å². The van der Waals surface area contributed by atoms with Crippen LogP contribution in [0.4, 0.5) is 0 Å². The lowest BCUT2D eigenvalue weighted by atomic mass is 10.0. The molecular weight excluding hydrogens is 380 g/mol. The first-order valence-corrected chi connectivity index (χ1v) is 10.5. The van der Waals surface area contributed by atoms with Crippen molar-refractivity contribution in [2.24, 2.45) is 5.92 Å². The van der Waals surface area contributed by atoms with E-state index in [-0.39, 0.29) is 11.9 Å². The van der Waals surface area contributed by atoms with Gasteiger partial charge in [-0.25, -0.2) is 0 Å². The van der Waals surface area contributed by atoms with Crippen molar-refractivity contribution in [3.8, 4) is 0 Å². The molecule has 0 aliphatic heterocycles. The van der Waals surface area contributed by atoms with Crippen LogP contribution < -0.4 is 0 Å². The van der Waals surface area contributed by atoms with Crippen molar-refractivity contribution in [1.29, 1.82) is 0 Å². The number of amides is 1. The maximum absolute atomic E-state index is 13.3. The molecule has 1 amide bonds. The standard InChI is InChI=1S/C25H29ClN2O/c1-18(2)20(4)28(25(29)22-10-12-23(26)13-11-22)17-24-9-6-14-27(24)16-21-8-5-7-19(3)15-21/h5-15,18,20H,16-17H2,1-4H3. The minimum atomic E-state index is 0.0335. The predicted molar refractivity (Wildman–Crippen MR) is 120 cm³/mol. The van der Waals surface area contributed by atoms with E-state index in [1.165, 1.54) is 11.1 Å². The van der Waals surface area contributed by atoms with E-state index >= 15 is 0 Å². The van der Waals surface area contributed by atoms with Crippen molar-refractivity contribution in [3.63, 3.8) is 0 Å². The number of aromatic nitrogens is 1. The summed E-state index contributed by atoms with van der Waals surface area (Å²) in [6.45, 7) is 9.89. The Kier molecular flexibility index (Phi) is 6.81. The summed E-state index contributed by atoms with van der Waals surface area (Å²) in [4.78, 5) is 15.3. The Labute approximate surface area is 178 Å². The highest BCUT2D eigenvalue weighted by Gasteiger charge is 2.25. The van der Waals surface area contributed by atoms with Crippen LogP contribution in [0.5, 0.6) is 0 Å². The summed E-state index contributed by atoms with van der Waals surface area (Å²) in [5, 5.41) is 0.636. The van der Waals surface area contributed by atoms with Crippen molar-refractivity contribution in [3.05, 3.63) is 94.3 Å². The zero-order valence-electron chi connectivity index (χ0n) is 17.6. The second-order valence-corrected chi connectivity index (χ2v) is 8.48. The molecule has 1 atom stereocenters. The third kappa shape index (κ3) is 5.30. The summed E-state index contributed by atoms with van der Waals surface area (Å²) in [6.07, 6.45) is 2.09. The molecule has 1 unspecified atom stereocenters. The van der Waals surface area contributed by atoms with Gasteiger partial charge in [-0.2, -0.15) is 0 Å². The molecule has 0 aliphatic rings. The fourth-order valence-electron chi connectivity index (χ4n) is 3.45. The van der Waals surface area contributed by atoms with E-state index in [4.69, 9.17) is 11.6 Å². The summed E-state index contributed by atoms with van der Waals surface area (Å²) in [6, 6.07) is 20.0. The molecule has 0 N–H and O–H groups in total. The van der Waals surface area contributed by atoms with Gasteiger partial charge in [0.2, 0.25) is 0 Å².